The van der Waals surface area contributed by atoms with Gasteiger partial charge < -0.3 is 9.80 Å². The number of hydrogen-bond donors (Lipinski definition) is 0. The molecule has 0 saturated carbocycles. The van der Waals surface area contributed by atoms with Crippen LogP contribution < -0.4 is 0 Å². The number of rotatable bonds is 6. The van der Waals surface area contributed by atoms with E-state index < -0.39 is 0 Å². The molecule has 0 N–H and O–H groups in total. The molecule has 1 aromatic heterocycles. The second-order valence-electron chi connectivity index (χ2n) is 7.70. The number of thiophene rings is 1. The molecule has 0 radical (unpaired) electrons. The number of aryl methyl sites for hydroxylation is 1. The number of carbonyl (C=O) groups excluding carboxylic acids is 1. The second-order valence-corrected chi connectivity index (χ2v) is 9.57. The Kier molecular flexibility index (Phi) is 5.59. The van der Waals surface area contributed by atoms with E-state index >= 15 is 0 Å². The van der Waals surface area contributed by atoms with Gasteiger partial charge in [-0.1, -0.05) is 0 Å². The molecule has 0 aliphatic carbocycles. The number of amides is 1. The molecule has 1 aromatic rings. The molecule has 0 aromatic carbocycles. The van der Waals surface area contributed by atoms with Crippen LogP contribution in [0.4, 0.5) is 0 Å². The lowest BCUT2D eigenvalue weighted by Gasteiger charge is -2.32. The third kappa shape index (κ3) is 3.66. The molecule has 6 heteroatoms. The predicted molar refractivity (Wildman–Crippen MR) is 104 cm³/mol. The second kappa shape index (κ2) is 7.36. The summed E-state index contributed by atoms with van der Waals surface area (Å²) in [6.07, 6.45) is 2.01. The van der Waals surface area contributed by atoms with Crippen molar-refractivity contribution in [3.05, 3.63) is 21.9 Å². The first kappa shape index (κ1) is 18.2. The van der Waals surface area contributed by atoms with Crippen molar-refractivity contribution in [1.82, 2.24) is 14.7 Å². The molecule has 24 heavy (non-hydrogen) atoms. The summed E-state index contributed by atoms with van der Waals surface area (Å²) >= 11 is 3.50. The summed E-state index contributed by atoms with van der Waals surface area (Å²) in [6, 6.07) is 2.22. The first-order chi connectivity index (χ1) is 11.4. The summed E-state index contributed by atoms with van der Waals surface area (Å²) in [5, 5.41) is 2.19. The van der Waals surface area contributed by atoms with Gasteiger partial charge in [0.1, 0.15) is 0 Å². The van der Waals surface area contributed by atoms with Gasteiger partial charge in [-0.2, -0.15) is 11.8 Å². The molecule has 2 atom stereocenters. The van der Waals surface area contributed by atoms with Crippen LogP contribution in [-0.2, 0) is 11.3 Å². The van der Waals surface area contributed by atoms with E-state index in [0.717, 1.165) is 39.3 Å². The maximum atomic E-state index is 12.4. The van der Waals surface area contributed by atoms with Crippen molar-refractivity contribution in [2.45, 2.75) is 13.5 Å². The summed E-state index contributed by atoms with van der Waals surface area (Å²) in [5.41, 5.74) is 1.65. The van der Waals surface area contributed by atoms with E-state index in [4.69, 9.17) is 0 Å². The molecule has 0 bridgehead atoms. The Morgan fingerprint density at radius 3 is 2.83 bits per heavy atom. The van der Waals surface area contributed by atoms with E-state index in [0.29, 0.717) is 17.6 Å². The fourth-order valence-electron chi connectivity index (χ4n) is 4.44. The van der Waals surface area contributed by atoms with Crippen LogP contribution in [-0.4, -0.2) is 79.4 Å². The van der Waals surface area contributed by atoms with Crippen LogP contribution in [0.3, 0.4) is 0 Å². The van der Waals surface area contributed by atoms with Gasteiger partial charge in [0.15, 0.2) is 0 Å². The Hall–Kier alpha value is -0.560. The maximum absolute atomic E-state index is 12.4. The largest absolute Gasteiger partial charge is 0.341 e. The fraction of sp³-hybridized carbons (Fsp3) is 0.722. The number of thioether (sulfide) groups is 1. The minimum Gasteiger partial charge on any atom is -0.341 e. The van der Waals surface area contributed by atoms with Crippen LogP contribution in [0.1, 0.15) is 10.4 Å². The van der Waals surface area contributed by atoms with Gasteiger partial charge in [0.25, 0.3) is 0 Å². The van der Waals surface area contributed by atoms with Crippen LogP contribution >= 0.6 is 23.1 Å². The zero-order valence-corrected chi connectivity index (χ0v) is 16.9. The zero-order valence-electron chi connectivity index (χ0n) is 15.2. The smallest absolute Gasteiger partial charge is 0.232 e. The van der Waals surface area contributed by atoms with E-state index in [9.17, 15) is 4.79 Å². The van der Waals surface area contributed by atoms with Crippen molar-refractivity contribution < 1.29 is 4.79 Å². The van der Waals surface area contributed by atoms with Crippen molar-refractivity contribution >= 4 is 29.0 Å². The molecule has 4 nitrogen and oxygen atoms in total. The molecule has 2 saturated heterocycles. The van der Waals surface area contributed by atoms with Gasteiger partial charge in [-0.05, 0) is 50.2 Å². The van der Waals surface area contributed by atoms with Crippen LogP contribution in [0.5, 0.6) is 0 Å². The van der Waals surface area contributed by atoms with Crippen LogP contribution in [0, 0.1) is 18.3 Å². The van der Waals surface area contributed by atoms with Gasteiger partial charge in [-0.25, -0.2) is 0 Å². The lowest BCUT2D eigenvalue weighted by molar-refractivity contribution is -0.128. The Morgan fingerprint density at radius 2 is 2.21 bits per heavy atom. The third-order valence-corrected chi connectivity index (χ3v) is 6.96. The Morgan fingerprint density at radius 1 is 1.42 bits per heavy atom. The summed E-state index contributed by atoms with van der Waals surface area (Å²) < 4.78 is 0. The minimum absolute atomic E-state index is 0.239. The van der Waals surface area contributed by atoms with Crippen LogP contribution in [0.2, 0.25) is 0 Å². The monoisotopic (exact) mass is 367 g/mol. The third-order valence-electron chi connectivity index (χ3n) is 5.42. The Labute approximate surface area is 154 Å². The molecule has 2 fully saturated rings. The zero-order chi connectivity index (χ0) is 17.3. The van der Waals surface area contributed by atoms with Crippen LogP contribution in [0.25, 0.3) is 0 Å². The van der Waals surface area contributed by atoms with Crippen molar-refractivity contribution in [3.8, 4) is 0 Å². The Balaban J connectivity index is 1.71. The highest BCUT2D eigenvalue weighted by molar-refractivity contribution is 7.99. The van der Waals surface area contributed by atoms with Crippen molar-refractivity contribution in [2.24, 2.45) is 11.3 Å². The molecule has 2 aliphatic heterocycles. The fourth-order valence-corrected chi connectivity index (χ4v) is 5.82. The van der Waals surface area contributed by atoms with Crippen molar-refractivity contribution in [1.29, 1.82) is 0 Å². The first-order valence-electron chi connectivity index (χ1n) is 8.60. The van der Waals surface area contributed by atoms with Crippen LogP contribution in [0.15, 0.2) is 11.4 Å². The van der Waals surface area contributed by atoms with Crippen molar-refractivity contribution in [2.75, 3.05) is 58.8 Å². The quantitative estimate of drug-likeness (QED) is 0.770. The summed E-state index contributed by atoms with van der Waals surface area (Å²) in [4.78, 5) is 20.9. The molecule has 0 spiro atoms. The molecule has 3 heterocycles. The predicted octanol–water partition coefficient (Wildman–Crippen LogP) is 2.24. The number of likely N-dealkylation sites (tertiary alicyclic amines) is 2. The highest BCUT2D eigenvalue weighted by atomic mass is 32.2. The van der Waals surface area contributed by atoms with E-state index in [1.54, 1.807) is 11.8 Å². The van der Waals surface area contributed by atoms with E-state index in [-0.39, 0.29) is 5.41 Å². The average molecular weight is 368 g/mol. The standard InChI is InChI=1S/C18H29N3OS2/c1-14-5-6-24-16(14)9-20-7-15-8-21(17(22)10-23-4)13-18(15,12-20)11-19(2)3/h5-6,15H,7-13H2,1-4H3. The lowest BCUT2D eigenvalue weighted by atomic mass is 9.80. The minimum atomic E-state index is 0.239. The topological polar surface area (TPSA) is 26.8 Å². The van der Waals surface area contributed by atoms with E-state index in [1.807, 2.05) is 17.6 Å². The molecular formula is C18H29N3OS2. The number of carbonyl (C=O) groups is 1. The lowest BCUT2D eigenvalue weighted by Crippen LogP contribution is -2.43. The molecule has 1 amide bonds. The molecule has 2 unspecified atom stereocenters. The van der Waals surface area contributed by atoms with Gasteiger partial charge in [-0.3, -0.25) is 9.69 Å². The average Bonchev–Trinajstić information content (AvgIpc) is 3.12. The first-order valence-corrected chi connectivity index (χ1v) is 10.9. The summed E-state index contributed by atoms with van der Waals surface area (Å²) in [6.45, 7) is 8.43. The van der Waals surface area contributed by atoms with Crippen molar-refractivity contribution in [3.63, 3.8) is 0 Å². The molecule has 2 aliphatic rings. The number of nitrogens with zero attached hydrogens (tertiary/aromatic N) is 3. The van der Waals surface area contributed by atoms with E-state index in [2.05, 4.69) is 47.2 Å². The molecule has 134 valence electrons. The highest BCUT2D eigenvalue weighted by Gasteiger charge is 2.53. The maximum Gasteiger partial charge on any atom is 0.232 e. The van der Waals surface area contributed by atoms with Gasteiger partial charge in [-0.15, -0.1) is 11.3 Å². The summed E-state index contributed by atoms with van der Waals surface area (Å²) in [5.74, 6) is 1.53. The SMILES string of the molecule is CSCC(=O)N1CC2CN(Cc3sccc3C)CC2(CN(C)C)C1. The summed E-state index contributed by atoms with van der Waals surface area (Å²) in [7, 11) is 4.31. The van der Waals surface area contributed by atoms with Gasteiger partial charge in [0, 0.05) is 49.6 Å². The Bertz CT molecular complexity index is 589. The number of fused-ring (bicyclic) bond motifs is 1. The normalized spacial score (nSPS) is 27.2. The molecule has 3 rings (SSSR count). The number of hydrogen-bond acceptors (Lipinski definition) is 5. The van der Waals surface area contributed by atoms with Gasteiger partial charge in [0.05, 0.1) is 5.75 Å². The molecular weight excluding hydrogens is 338 g/mol. The van der Waals surface area contributed by atoms with Gasteiger partial charge in [0.2, 0.25) is 5.91 Å². The van der Waals surface area contributed by atoms with E-state index in [1.165, 1.54) is 10.4 Å². The van der Waals surface area contributed by atoms with Gasteiger partial charge >= 0.3 is 0 Å². The highest BCUT2D eigenvalue weighted by Crippen LogP contribution is 2.43.